The van der Waals surface area contributed by atoms with Gasteiger partial charge in [0.05, 0.1) is 45.2 Å². The van der Waals surface area contributed by atoms with Crippen LogP contribution in [-0.4, -0.2) is 38.7 Å². The summed E-state index contributed by atoms with van der Waals surface area (Å²) in [5, 5.41) is 0. The molecule has 3 aromatic heterocycles. The molecule has 1 aromatic carbocycles. The fourth-order valence-corrected chi connectivity index (χ4v) is 4.13. The number of nitrogens with zero attached hydrogens (tertiary/aromatic N) is 4. The SMILES string of the molecule is CCS(=O)(=O)c1cc2[nH]cnc2cc1-c1nc2cc(C(F)(F)F)ncc2n1C. The first-order valence-corrected chi connectivity index (χ1v) is 9.87. The molecule has 7 nitrogen and oxygen atoms in total. The van der Waals surface area contributed by atoms with Gasteiger partial charge in [-0.15, -0.1) is 0 Å². The van der Waals surface area contributed by atoms with E-state index in [1.54, 1.807) is 13.1 Å². The van der Waals surface area contributed by atoms with Gasteiger partial charge in [-0.05, 0) is 18.2 Å². The van der Waals surface area contributed by atoms with Gasteiger partial charge in [0.15, 0.2) is 9.84 Å². The van der Waals surface area contributed by atoms with Crippen LogP contribution in [0, 0.1) is 0 Å². The van der Waals surface area contributed by atoms with Crippen LogP contribution in [0.4, 0.5) is 13.2 Å². The molecule has 1 N–H and O–H groups in total. The number of imidazole rings is 2. The second-order valence-corrected chi connectivity index (χ2v) is 8.47. The van der Waals surface area contributed by atoms with E-state index in [4.69, 9.17) is 0 Å². The topological polar surface area (TPSA) is 93.5 Å². The van der Waals surface area contributed by atoms with Gasteiger partial charge in [0.25, 0.3) is 0 Å². The number of aromatic nitrogens is 5. The maximum Gasteiger partial charge on any atom is 0.433 e. The number of aryl methyl sites for hydroxylation is 1. The smallest absolute Gasteiger partial charge is 0.345 e. The van der Waals surface area contributed by atoms with Gasteiger partial charge < -0.3 is 9.55 Å². The zero-order chi connectivity index (χ0) is 20.3. The number of alkyl halides is 3. The molecular weight excluding hydrogens is 395 g/mol. The number of halogens is 3. The molecule has 0 fully saturated rings. The minimum Gasteiger partial charge on any atom is -0.345 e. The second kappa shape index (κ2) is 6.03. The van der Waals surface area contributed by atoms with E-state index in [0.29, 0.717) is 16.6 Å². The van der Waals surface area contributed by atoms with E-state index >= 15 is 0 Å². The molecule has 0 radical (unpaired) electrons. The molecule has 0 amide bonds. The second-order valence-electron chi connectivity index (χ2n) is 6.22. The fourth-order valence-electron chi connectivity index (χ4n) is 3.03. The third kappa shape index (κ3) is 2.82. The standard InChI is InChI=1S/C17H14F3N5O2S/c1-3-28(26,27)14-5-11-10(22-8-23-11)4-9(14)16-24-12-6-15(17(18,19)20)21-7-13(12)25(16)2/h4-8H,3H2,1-2H3,(H,22,23). The molecule has 0 saturated heterocycles. The number of aromatic amines is 1. The normalized spacial score (nSPS) is 12.9. The van der Waals surface area contributed by atoms with E-state index in [2.05, 4.69) is 19.9 Å². The van der Waals surface area contributed by atoms with Gasteiger partial charge in [-0.2, -0.15) is 13.2 Å². The Morgan fingerprint density at radius 1 is 1.14 bits per heavy atom. The molecule has 0 atom stereocenters. The van der Waals surface area contributed by atoms with E-state index in [-0.39, 0.29) is 27.6 Å². The number of benzene rings is 1. The highest BCUT2D eigenvalue weighted by Gasteiger charge is 2.33. The molecule has 0 aliphatic carbocycles. The first kappa shape index (κ1) is 18.4. The highest BCUT2D eigenvalue weighted by atomic mass is 32.2. The Morgan fingerprint density at radius 2 is 1.89 bits per heavy atom. The molecule has 0 aliphatic rings. The number of fused-ring (bicyclic) bond motifs is 2. The molecule has 11 heteroatoms. The predicted molar refractivity (Wildman–Crippen MR) is 96.3 cm³/mol. The quantitative estimate of drug-likeness (QED) is 0.560. The first-order valence-electron chi connectivity index (χ1n) is 8.21. The molecule has 4 rings (SSSR count). The van der Waals surface area contributed by atoms with Crippen LogP contribution in [0.1, 0.15) is 12.6 Å². The largest absolute Gasteiger partial charge is 0.433 e. The zero-order valence-corrected chi connectivity index (χ0v) is 15.6. The molecule has 0 saturated carbocycles. The summed E-state index contributed by atoms with van der Waals surface area (Å²) >= 11 is 0. The van der Waals surface area contributed by atoms with Crippen LogP contribution in [0.15, 0.2) is 35.6 Å². The average molecular weight is 409 g/mol. The Bertz CT molecular complexity index is 1320. The molecule has 0 unspecified atom stereocenters. The van der Waals surface area contributed by atoms with Gasteiger partial charge in [0.2, 0.25) is 0 Å². The molecule has 4 aromatic rings. The summed E-state index contributed by atoms with van der Waals surface area (Å²) in [6.07, 6.45) is -2.09. The third-order valence-electron chi connectivity index (χ3n) is 4.54. The number of rotatable bonds is 3. The van der Waals surface area contributed by atoms with Gasteiger partial charge in [0.1, 0.15) is 11.5 Å². The van der Waals surface area contributed by atoms with Crippen molar-refractivity contribution < 1.29 is 21.6 Å². The summed E-state index contributed by atoms with van der Waals surface area (Å²) in [7, 11) is -2.03. The van der Waals surface area contributed by atoms with E-state index in [1.165, 1.54) is 23.9 Å². The Hall–Kier alpha value is -2.95. The van der Waals surface area contributed by atoms with Crippen molar-refractivity contribution in [3.8, 4) is 11.4 Å². The van der Waals surface area contributed by atoms with Crippen molar-refractivity contribution in [3.05, 3.63) is 36.4 Å². The van der Waals surface area contributed by atoms with Crippen LogP contribution in [0.3, 0.4) is 0 Å². The predicted octanol–water partition coefficient (Wildman–Crippen LogP) is 3.32. The van der Waals surface area contributed by atoms with Crippen LogP contribution < -0.4 is 0 Å². The van der Waals surface area contributed by atoms with Gasteiger partial charge in [-0.3, -0.25) is 0 Å². The van der Waals surface area contributed by atoms with Crippen molar-refractivity contribution in [2.45, 2.75) is 18.0 Å². The van der Waals surface area contributed by atoms with Crippen molar-refractivity contribution in [1.29, 1.82) is 0 Å². The summed E-state index contributed by atoms with van der Waals surface area (Å²) in [6, 6.07) is 3.88. The zero-order valence-electron chi connectivity index (χ0n) is 14.7. The van der Waals surface area contributed by atoms with Crippen LogP contribution in [0.25, 0.3) is 33.5 Å². The van der Waals surface area contributed by atoms with E-state index in [9.17, 15) is 21.6 Å². The molecule has 0 bridgehead atoms. The van der Waals surface area contributed by atoms with Gasteiger partial charge in [-0.25, -0.2) is 23.4 Å². The summed E-state index contributed by atoms with van der Waals surface area (Å²) in [5.41, 5.74) is 0.691. The fraction of sp³-hybridized carbons (Fsp3) is 0.235. The van der Waals surface area contributed by atoms with E-state index < -0.39 is 21.7 Å². The number of H-pyrrole nitrogens is 1. The lowest BCUT2D eigenvalue weighted by Gasteiger charge is -2.10. The van der Waals surface area contributed by atoms with Gasteiger partial charge >= 0.3 is 6.18 Å². The van der Waals surface area contributed by atoms with Gasteiger partial charge in [0, 0.05) is 12.6 Å². The third-order valence-corrected chi connectivity index (χ3v) is 6.30. The number of hydrogen-bond donors (Lipinski definition) is 1. The molecule has 146 valence electrons. The molecule has 28 heavy (non-hydrogen) atoms. The summed E-state index contributed by atoms with van der Waals surface area (Å²) in [5.74, 6) is 0.0802. The van der Waals surface area contributed by atoms with E-state index in [1.807, 2.05) is 0 Å². The van der Waals surface area contributed by atoms with Crippen LogP contribution >= 0.6 is 0 Å². The average Bonchev–Trinajstić information content (AvgIpc) is 3.23. The van der Waals surface area contributed by atoms with Crippen molar-refractivity contribution in [2.24, 2.45) is 7.05 Å². The molecular formula is C17H14F3N5O2S. The summed E-state index contributed by atoms with van der Waals surface area (Å²) < 4.78 is 65.7. The van der Waals surface area contributed by atoms with Crippen LogP contribution in [-0.2, 0) is 23.1 Å². The molecule has 0 spiro atoms. The van der Waals surface area contributed by atoms with Crippen LogP contribution in [0.2, 0.25) is 0 Å². The summed E-state index contributed by atoms with van der Waals surface area (Å²) in [4.78, 5) is 14.8. The van der Waals surface area contributed by atoms with Crippen LogP contribution in [0.5, 0.6) is 0 Å². The lowest BCUT2D eigenvalue weighted by molar-refractivity contribution is -0.141. The number of hydrogen-bond acceptors (Lipinski definition) is 5. The van der Waals surface area contributed by atoms with Crippen molar-refractivity contribution >= 4 is 31.9 Å². The minimum absolute atomic E-state index is 0.0363. The van der Waals surface area contributed by atoms with Crippen molar-refractivity contribution in [3.63, 3.8) is 0 Å². The number of pyridine rings is 1. The highest BCUT2D eigenvalue weighted by molar-refractivity contribution is 7.91. The monoisotopic (exact) mass is 409 g/mol. The van der Waals surface area contributed by atoms with Gasteiger partial charge in [-0.1, -0.05) is 6.92 Å². The Morgan fingerprint density at radius 3 is 2.57 bits per heavy atom. The number of nitrogens with one attached hydrogen (secondary N) is 1. The highest BCUT2D eigenvalue weighted by Crippen LogP contribution is 2.34. The molecule has 3 heterocycles. The van der Waals surface area contributed by atoms with E-state index in [0.717, 1.165) is 12.3 Å². The Labute approximate surface area is 157 Å². The van der Waals surface area contributed by atoms with Crippen molar-refractivity contribution in [1.82, 2.24) is 24.5 Å². The first-order chi connectivity index (χ1) is 13.1. The lowest BCUT2D eigenvalue weighted by atomic mass is 10.2. The maximum atomic E-state index is 13.0. The Balaban J connectivity index is 2.03. The lowest BCUT2D eigenvalue weighted by Crippen LogP contribution is -2.07. The molecule has 0 aliphatic heterocycles. The minimum atomic E-state index is -4.60. The summed E-state index contributed by atoms with van der Waals surface area (Å²) in [6.45, 7) is 1.52. The Kier molecular flexibility index (Phi) is 3.96. The number of sulfone groups is 1. The van der Waals surface area contributed by atoms with Crippen molar-refractivity contribution in [2.75, 3.05) is 5.75 Å². The maximum absolute atomic E-state index is 13.0.